The third-order valence-corrected chi connectivity index (χ3v) is 3.63. The smallest absolute Gasteiger partial charge is 0.290 e. The van der Waals surface area contributed by atoms with Crippen LogP contribution >= 0.6 is 0 Å². The highest BCUT2D eigenvalue weighted by Crippen LogP contribution is 2.24. The molecular formula is C18H22N2O2. The van der Waals surface area contributed by atoms with Crippen LogP contribution in [-0.2, 0) is 14.1 Å². The molecule has 0 saturated heterocycles. The number of hydrogen-bond acceptors (Lipinski definition) is 2. The molecule has 1 aromatic carbocycles. The standard InChI is InChI=1S/C16H16N2O2.C2H6/c1-11-8-14(9-17(11)2)12-4-6-13(7-5-12)15-10-20-18(3)16(15)19;1-2/h4-10H,1-3H3;1-2H3. The second-order valence-electron chi connectivity index (χ2n) is 5.00. The van der Waals surface area contributed by atoms with Gasteiger partial charge in [0.05, 0.1) is 5.56 Å². The maximum Gasteiger partial charge on any atom is 0.290 e. The normalized spacial score (nSPS) is 10.2. The summed E-state index contributed by atoms with van der Waals surface area (Å²) in [5, 5.41) is 0. The Bertz CT molecular complexity index is 785. The zero-order valence-electron chi connectivity index (χ0n) is 13.8. The number of aromatic nitrogens is 2. The molecule has 0 amide bonds. The Morgan fingerprint density at radius 2 is 1.55 bits per heavy atom. The van der Waals surface area contributed by atoms with E-state index in [0.717, 1.165) is 11.1 Å². The van der Waals surface area contributed by atoms with Gasteiger partial charge in [0.2, 0.25) is 0 Å². The Morgan fingerprint density at radius 3 is 2.00 bits per heavy atom. The first-order chi connectivity index (χ1) is 10.6. The third-order valence-electron chi connectivity index (χ3n) is 3.63. The molecule has 0 bridgehead atoms. The van der Waals surface area contributed by atoms with Crippen LogP contribution in [0.5, 0.6) is 0 Å². The molecule has 0 spiro atoms. The van der Waals surface area contributed by atoms with E-state index in [2.05, 4.69) is 23.8 Å². The number of aryl methyl sites for hydroxylation is 3. The second-order valence-corrected chi connectivity index (χ2v) is 5.00. The van der Waals surface area contributed by atoms with Crippen LogP contribution in [0.15, 0.2) is 52.1 Å². The van der Waals surface area contributed by atoms with Crippen LogP contribution in [0.1, 0.15) is 19.5 Å². The van der Waals surface area contributed by atoms with E-state index in [1.807, 2.05) is 45.2 Å². The summed E-state index contributed by atoms with van der Waals surface area (Å²) in [6.07, 6.45) is 3.59. The van der Waals surface area contributed by atoms with Gasteiger partial charge in [-0.15, -0.1) is 0 Å². The molecule has 4 heteroatoms. The molecule has 116 valence electrons. The SMILES string of the molecule is CC.Cc1cc(-c2ccc(-c3con(C)c3=O)cc2)cn1C. The fourth-order valence-corrected chi connectivity index (χ4v) is 2.27. The second kappa shape index (κ2) is 6.52. The van der Waals surface area contributed by atoms with Crippen molar-refractivity contribution in [1.82, 2.24) is 9.31 Å². The number of benzene rings is 1. The largest absolute Gasteiger partial charge is 0.384 e. The minimum absolute atomic E-state index is 0.117. The van der Waals surface area contributed by atoms with Gasteiger partial charge in [0.15, 0.2) is 0 Å². The summed E-state index contributed by atoms with van der Waals surface area (Å²) < 4.78 is 8.40. The Kier molecular flexibility index (Phi) is 4.71. The number of hydrogen-bond donors (Lipinski definition) is 0. The lowest BCUT2D eigenvalue weighted by Crippen LogP contribution is -2.11. The molecule has 3 aromatic rings. The monoisotopic (exact) mass is 298 g/mol. The van der Waals surface area contributed by atoms with Gasteiger partial charge in [-0.1, -0.05) is 38.1 Å². The van der Waals surface area contributed by atoms with Crippen LogP contribution < -0.4 is 5.56 Å². The average Bonchev–Trinajstić information content (AvgIpc) is 3.05. The van der Waals surface area contributed by atoms with Crippen molar-refractivity contribution in [3.63, 3.8) is 0 Å². The minimum Gasteiger partial charge on any atom is -0.384 e. The van der Waals surface area contributed by atoms with E-state index < -0.39 is 0 Å². The van der Waals surface area contributed by atoms with Crippen molar-refractivity contribution in [3.8, 4) is 22.3 Å². The first-order valence-corrected chi connectivity index (χ1v) is 7.45. The quantitative estimate of drug-likeness (QED) is 0.718. The van der Waals surface area contributed by atoms with Crippen molar-refractivity contribution in [2.45, 2.75) is 20.8 Å². The molecule has 0 aliphatic carbocycles. The lowest BCUT2D eigenvalue weighted by molar-refractivity contribution is 0.298. The van der Waals surface area contributed by atoms with Crippen molar-refractivity contribution < 1.29 is 4.52 Å². The maximum atomic E-state index is 11.8. The molecule has 0 fully saturated rings. The first kappa shape index (κ1) is 15.9. The molecule has 0 saturated carbocycles. The molecule has 0 N–H and O–H groups in total. The Labute approximate surface area is 130 Å². The molecule has 22 heavy (non-hydrogen) atoms. The van der Waals surface area contributed by atoms with Crippen molar-refractivity contribution in [1.29, 1.82) is 0 Å². The van der Waals surface area contributed by atoms with E-state index in [-0.39, 0.29) is 5.56 Å². The highest BCUT2D eigenvalue weighted by Gasteiger charge is 2.09. The first-order valence-electron chi connectivity index (χ1n) is 7.45. The molecule has 0 radical (unpaired) electrons. The van der Waals surface area contributed by atoms with Gasteiger partial charge in [-0.05, 0) is 29.7 Å². The van der Waals surface area contributed by atoms with Crippen LogP contribution in [0.3, 0.4) is 0 Å². The van der Waals surface area contributed by atoms with E-state index in [9.17, 15) is 4.79 Å². The van der Waals surface area contributed by atoms with Gasteiger partial charge in [-0.2, -0.15) is 4.74 Å². The van der Waals surface area contributed by atoms with E-state index in [1.54, 1.807) is 7.05 Å². The lowest BCUT2D eigenvalue weighted by atomic mass is 10.0. The molecule has 0 aliphatic rings. The Balaban J connectivity index is 0.000000847. The molecule has 2 aromatic heterocycles. The van der Waals surface area contributed by atoms with E-state index in [0.29, 0.717) is 5.56 Å². The van der Waals surface area contributed by atoms with E-state index in [4.69, 9.17) is 4.52 Å². The zero-order valence-corrected chi connectivity index (χ0v) is 13.8. The minimum atomic E-state index is -0.117. The van der Waals surface area contributed by atoms with Crippen molar-refractivity contribution in [2.75, 3.05) is 0 Å². The molecule has 2 heterocycles. The van der Waals surface area contributed by atoms with Crippen molar-refractivity contribution in [3.05, 3.63) is 58.8 Å². The Hall–Kier alpha value is -2.49. The number of nitrogens with zero attached hydrogens (tertiary/aromatic N) is 2. The molecule has 0 unspecified atom stereocenters. The summed E-state index contributed by atoms with van der Waals surface area (Å²) in [5.41, 5.74) is 4.87. The van der Waals surface area contributed by atoms with Crippen LogP contribution in [0.2, 0.25) is 0 Å². The predicted molar refractivity (Wildman–Crippen MR) is 89.9 cm³/mol. The van der Waals surface area contributed by atoms with Gasteiger partial charge in [-0.3, -0.25) is 4.79 Å². The molecule has 0 aliphatic heterocycles. The summed E-state index contributed by atoms with van der Waals surface area (Å²) in [6.45, 7) is 6.08. The third kappa shape index (κ3) is 2.91. The van der Waals surface area contributed by atoms with Gasteiger partial charge in [0, 0.05) is 26.0 Å². The van der Waals surface area contributed by atoms with E-state index >= 15 is 0 Å². The lowest BCUT2D eigenvalue weighted by Gasteiger charge is -2.00. The Morgan fingerprint density at radius 1 is 0.955 bits per heavy atom. The summed E-state index contributed by atoms with van der Waals surface area (Å²) in [5.74, 6) is 0. The van der Waals surface area contributed by atoms with E-state index in [1.165, 1.54) is 22.3 Å². The van der Waals surface area contributed by atoms with Gasteiger partial charge in [0.25, 0.3) is 5.56 Å². The summed E-state index contributed by atoms with van der Waals surface area (Å²) in [6, 6.07) is 10.1. The van der Waals surface area contributed by atoms with Crippen molar-refractivity contribution >= 4 is 0 Å². The van der Waals surface area contributed by atoms with Crippen LogP contribution in [-0.4, -0.2) is 9.31 Å². The average molecular weight is 298 g/mol. The highest BCUT2D eigenvalue weighted by atomic mass is 16.5. The van der Waals surface area contributed by atoms with Crippen LogP contribution in [0.25, 0.3) is 22.3 Å². The van der Waals surface area contributed by atoms with Gasteiger partial charge in [-0.25, -0.2) is 0 Å². The molecule has 3 rings (SSSR count). The maximum absolute atomic E-state index is 11.8. The van der Waals surface area contributed by atoms with Gasteiger partial charge < -0.3 is 9.09 Å². The zero-order chi connectivity index (χ0) is 16.3. The van der Waals surface area contributed by atoms with Gasteiger partial charge >= 0.3 is 0 Å². The van der Waals surface area contributed by atoms with Gasteiger partial charge in [0.1, 0.15) is 6.26 Å². The molecule has 0 atom stereocenters. The number of rotatable bonds is 2. The van der Waals surface area contributed by atoms with Crippen molar-refractivity contribution in [2.24, 2.45) is 14.1 Å². The topological polar surface area (TPSA) is 40.1 Å². The molecule has 4 nitrogen and oxygen atoms in total. The predicted octanol–water partition coefficient (Wildman–Crippen LogP) is 3.99. The highest BCUT2D eigenvalue weighted by molar-refractivity contribution is 5.69. The van der Waals surface area contributed by atoms with Crippen LogP contribution in [0.4, 0.5) is 0 Å². The fourth-order valence-electron chi connectivity index (χ4n) is 2.27. The fraction of sp³-hybridized carbons (Fsp3) is 0.278. The summed E-state index contributed by atoms with van der Waals surface area (Å²) >= 11 is 0. The molecular weight excluding hydrogens is 276 g/mol. The van der Waals surface area contributed by atoms with Crippen LogP contribution in [0, 0.1) is 6.92 Å². The summed E-state index contributed by atoms with van der Waals surface area (Å²) in [4.78, 5) is 11.8. The summed E-state index contributed by atoms with van der Waals surface area (Å²) in [7, 11) is 3.63.